The normalized spacial score (nSPS) is 20.2. The van der Waals surface area contributed by atoms with E-state index in [0.29, 0.717) is 0 Å². The zero-order chi connectivity index (χ0) is 17.3. The number of nitrogens with zero attached hydrogens (tertiary/aromatic N) is 1. The molecular formula is C12H13F3N2O5S. The molecule has 1 atom stereocenters. The van der Waals surface area contributed by atoms with Crippen molar-refractivity contribution in [1.29, 1.82) is 0 Å². The molecule has 1 heterocycles. The average Bonchev–Trinajstić information content (AvgIpc) is 2.46. The number of halogens is 3. The predicted octanol–water partition coefficient (Wildman–Crippen LogP) is 0.460. The second-order valence-corrected chi connectivity index (χ2v) is 6.59. The van der Waals surface area contributed by atoms with Crippen LogP contribution in [0.4, 0.5) is 13.2 Å². The number of ether oxygens (including phenoxy) is 2. The van der Waals surface area contributed by atoms with Gasteiger partial charge in [-0.1, -0.05) is 6.07 Å². The highest BCUT2D eigenvalue weighted by atomic mass is 32.2. The quantitative estimate of drug-likeness (QED) is 0.847. The minimum atomic E-state index is -4.93. The van der Waals surface area contributed by atoms with Crippen molar-refractivity contribution in [3.05, 3.63) is 24.3 Å². The average molecular weight is 354 g/mol. The van der Waals surface area contributed by atoms with E-state index in [2.05, 4.69) is 4.74 Å². The Morgan fingerprint density at radius 1 is 1.39 bits per heavy atom. The van der Waals surface area contributed by atoms with Gasteiger partial charge in [0.1, 0.15) is 11.9 Å². The number of benzene rings is 1. The van der Waals surface area contributed by atoms with Gasteiger partial charge in [-0.25, -0.2) is 8.42 Å². The van der Waals surface area contributed by atoms with Crippen LogP contribution in [-0.2, 0) is 19.6 Å². The third-order valence-corrected chi connectivity index (χ3v) is 4.88. The first-order valence-corrected chi connectivity index (χ1v) is 7.80. The van der Waals surface area contributed by atoms with Gasteiger partial charge in [0.05, 0.1) is 11.5 Å². The van der Waals surface area contributed by atoms with Crippen LogP contribution in [0, 0.1) is 0 Å². The number of morpholine rings is 1. The fraction of sp³-hybridized carbons (Fsp3) is 0.417. The van der Waals surface area contributed by atoms with E-state index in [1.807, 2.05) is 0 Å². The van der Waals surface area contributed by atoms with E-state index in [-0.39, 0.29) is 24.6 Å². The van der Waals surface area contributed by atoms with Crippen molar-refractivity contribution in [3.63, 3.8) is 0 Å². The highest BCUT2D eigenvalue weighted by Gasteiger charge is 2.34. The van der Waals surface area contributed by atoms with Gasteiger partial charge in [0.25, 0.3) is 0 Å². The Morgan fingerprint density at radius 2 is 2.09 bits per heavy atom. The van der Waals surface area contributed by atoms with Crippen LogP contribution in [-0.4, -0.2) is 50.8 Å². The largest absolute Gasteiger partial charge is 0.573 e. The van der Waals surface area contributed by atoms with Crippen LogP contribution in [0.25, 0.3) is 0 Å². The van der Waals surface area contributed by atoms with Crippen LogP contribution in [0.5, 0.6) is 5.75 Å². The summed E-state index contributed by atoms with van der Waals surface area (Å²) in [7, 11) is -4.11. The Kier molecular flexibility index (Phi) is 4.82. The number of carbonyl (C=O) groups is 1. The maximum absolute atomic E-state index is 12.5. The Labute approximate surface area is 129 Å². The number of hydrogen-bond donors (Lipinski definition) is 1. The first-order valence-electron chi connectivity index (χ1n) is 6.36. The van der Waals surface area contributed by atoms with Gasteiger partial charge in [-0.2, -0.15) is 4.31 Å². The smallest absolute Gasteiger partial charge is 0.406 e. The summed E-state index contributed by atoms with van der Waals surface area (Å²) in [5.74, 6) is -1.47. The molecule has 1 aliphatic heterocycles. The number of hydrogen-bond acceptors (Lipinski definition) is 5. The molecule has 23 heavy (non-hydrogen) atoms. The maximum Gasteiger partial charge on any atom is 0.573 e. The lowest BCUT2D eigenvalue weighted by molar-refractivity contribution is -0.274. The van der Waals surface area contributed by atoms with Crippen molar-refractivity contribution < 1.29 is 35.9 Å². The molecule has 1 aromatic rings. The lowest BCUT2D eigenvalue weighted by Crippen LogP contribution is -2.50. The van der Waals surface area contributed by atoms with Gasteiger partial charge in [0.2, 0.25) is 15.9 Å². The fourth-order valence-electron chi connectivity index (χ4n) is 2.00. The summed E-state index contributed by atoms with van der Waals surface area (Å²) in [6.45, 7) is -0.399. The van der Waals surface area contributed by atoms with Crippen LogP contribution in [0.1, 0.15) is 0 Å². The summed E-state index contributed by atoms with van der Waals surface area (Å²) < 4.78 is 71.2. The minimum Gasteiger partial charge on any atom is -0.406 e. The molecule has 2 rings (SSSR count). The number of alkyl halides is 3. The van der Waals surface area contributed by atoms with E-state index >= 15 is 0 Å². The Bertz CT molecular complexity index is 692. The SMILES string of the molecule is NC(=O)[C@H]1CN(S(=O)(=O)c2cccc(OC(F)(F)F)c2)CCO1. The van der Waals surface area contributed by atoms with E-state index in [1.54, 1.807) is 0 Å². The highest BCUT2D eigenvalue weighted by Crippen LogP contribution is 2.27. The predicted molar refractivity (Wildman–Crippen MR) is 70.8 cm³/mol. The van der Waals surface area contributed by atoms with Crippen molar-refractivity contribution in [3.8, 4) is 5.75 Å². The summed E-state index contributed by atoms with van der Waals surface area (Å²) in [4.78, 5) is 10.7. The van der Waals surface area contributed by atoms with Crippen molar-refractivity contribution in [2.24, 2.45) is 5.73 Å². The molecule has 11 heteroatoms. The molecule has 0 aliphatic carbocycles. The van der Waals surface area contributed by atoms with Crippen LogP contribution in [0.3, 0.4) is 0 Å². The number of rotatable bonds is 4. The van der Waals surface area contributed by atoms with Crippen molar-refractivity contribution in [2.75, 3.05) is 19.7 Å². The topological polar surface area (TPSA) is 98.9 Å². The number of carbonyl (C=O) groups excluding carboxylic acids is 1. The molecular weight excluding hydrogens is 341 g/mol. The van der Waals surface area contributed by atoms with Gasteiger partial charge in [0, 0.05) is 19.2 Å². The number of nitrogens with two attached hydrogens (primary N) is 1. The van der Waals surface area contributed by atoms with Crippen LogP contribution < -0.4 is 10.5 Å². The van der Waals surface area contributed by atoms with E-state index in [0.717, 1.165) is 28.6 Å². The van der Waals surface area contributed by atoms with Gasteiger partial charge < -0.3 is 15.2 Å². The molecule has 7 nitrogen and oxygen atoms in total. The van der Waals surface area contributed by atoms with E-state index in [9.17, 15) is 26.4 Å². The maximum atomic E-state index is 12.5. The van der Waals surface area contributed by atoms with Gasteiger partial charge in [-0.15, -0.1) is 13.2 Å². The van der Waals surface area contributed by atoms with Gasteiger partial charge >= 0.3 is 6.36 Å². The molecule has 0 radical (unpaired) electrons. The van der Waals surface area contributed by atoms with Crippen molar-refractivity contribution >= 4 is 15.9 Å². The van der Waals surface area contributed by atoms with Crippen LogP contribution >= 0.6 is 0 Å². The summed E-state index contributed by atoms with van der Waals surface area (Å²) in [5.41, 5.74) is 5.07. The lowest BCUT2D eigenvalue weighted by Gasteiger charge is -2.30. The zero-order valence-electron chi connectivity index (χ0n) is 11.6. The molecule has 128 valence electrons. The van der Waals surface area contributed by atoms with Crippen LogP contribution in [0.2, 0.25) is 0 Å². The summed E-state index contributed by atoms with van der Waals surface area (Å²) in [6.07, 6.45) is -6.04. The van der Waals surface area contributed by atoms with E-state index < -0.39 is 34.1 Å². The zero-order valence-corrected chi connectivity index (χ0v) is 12.4. The third kappa shape index (κ3) is 4.33. The monoisotopic (exact) mass is 354 g/mol. The molecule has 1 aromatic carbocycles. The fourth-order valence-corrected chi connectivity index (χ4v) is 3.46. The molecule has 1 fully saturated rings. The van der Waals surface area contributed by atoms with Crippen LogP contribution in [0.15, 0.2) is 29.2 Å². The molecule has 1 aliphatic rings. The molecule has 2 N–H and O–H groups in total. The summed E-state index contributed by atoms with van der Waals surface area (Å²) in [6, 6.07) is 4.00. The third-order valence-electron chi connectivity index (χ3n) is 3.02. The van der Waals surface area contributed by atoms with Crippen molar-refractivity contribution in [1.82, 2.24) is 4.31 Å². The van der Waals surface area contributed by atoms with Crippen molar-refractivity contribution in [2.45, 2.75) is 17.4 Å². The Hall–Kier alpha value is -1.85. The molecule has 0 aromatic heterocycles. The molecule has 0 spiro atoms. The first-order chi connectivity index (χ1) is 10.6. The van der Waals surface area contributed by atoms with Gasteiger partial charge in [-0.3, -0.25) is 4.79 Å². The molecule has 0 saturated carbocycles. The minimum absolute atomic E-state index is 0.0452. The second kappa shape index (κ2) is 6.34. The summed E-state index contributed by atoms with van der Waals surface area (Å²) in [5, 5.41) is 0. The highest BCUT2D eigenvalue weighted by molar-refractivity contribution is 7.89. The second-order valence-electron chi connectivity index (χ2n) is 4.65. The Balaban J connectivity index is 2.25. The molecule has 0 bridgehead atoms. The number of primary amides is 1. The lowest BCUT2D eigenvalue weighted by atomic mass is 10.3. The molecule has 1 amide bonds. The Morgan fingerprint density at radius 3 is 2.70 bits per heavy atom. The van der Waals surface area contributed by atoms with Gasteiger partial charge in [0.15, 0.2) is 0 Å². The standard InChI is InChI=1S/C12H13F3N2O5S/c13-12(14,15)22-8-2-1-3-9(6-8)23(19,20)17-4-5-21-10(7-17)11(16)18/h1-3,6,10H,4-5,7H2,(H2,16,18)/t10-/m1/s1. The first kappa shape index (κ1) is 17.5. The molecule has 0 unspecified atom stereocenters. The summed E-state index contributed by atoms with van der Waals surface area (Å²) >= 11 is 0. The van der Waals surface area contributed by atoms with Gasteiger partial charge in [-0.05, 0) is 12.1 Å². The molecule has 1 saturated heterocycles. The van der Waals surface area contributed by atoms with E-state index in [4.69, 9.17) is 10.5 Å². The number of amides is 1. The number of sulfonamides is 1. The van der Waals surface area contributed by atoms with E-state index in [1.165, 1.54) is 0 Å².